The topological polar surface area (TPSA) is 56.9 Å². The zero-order chi connectivity index (χ0) is 13.1. The first-order valence-electron chi connectivity index (χ1n) is 6.25. The van der Waals surface area contributed by atoms with Gasteiger partial charge in [0, 0.05) is 12.6 Å². The van der Waals surface area contributed by atoms with E-state index in [9.17, 15) is 4.79 Å². The van der Waals surface area contributed by atoms with Gasteiger partial charge < -0.3 is 14.4 Å². The molecule has 18 heavy (non-hydrogen) atoms. The van der Waals surface area contributed by atoms with Crippen molar-refractivity contribution in [3.05, 3.63) is 23.7 Å². The number of hydrogen-bond acceptors (Lipinski definition) is 4. The minimum atomic E-state index is -0.935. The fourth-order valence-electron chi connectivity index (χ4n) is 2.39. The molecule has 0 aliphatic carbocycles. The van der Waals surface area contributed by atoms with Gasteiger partial charge in [-0.3, -0.25) is 4.90 Å². The van der Waals surface area contributed by atoms with E-state index in [1.165, 1.54) is 19.1 Å². The van der Waals surface area contributed by atoms with E-state index in [0.29, 0.717) is 12.6 Å². The van der Waals surface area contributed by atoms with Crippen molar-refractivity contribution in [2.75, 3.05) is 27.2 Å². The molecule has 5 heteroatoms. The summed E-state index contributed by atoms with van der Waals surface area (Å²) in [7, 11) is 4.20. The van der Waals surface area contributed by atoms with Gasteiger partial charge in [-0.15, -0.1) is 0 Å². The second-order valence-corrected chi connectivity index (χ2v) is 5.10. The molecule has 1 aliphatic rings. The van der Waals surface area contributed by atoms with E-state index >= 15 is 0 Å². The fraction of sp³-hybridized carbons (Fsp3) is 0.615. The Morgan fingerprint density at radius 3 is 3.00 bits per heavy atom. The van der Waals surface area contributed by atoms with Crippen molar-refractivity contribution in [3.8, 4) is 0 Å². The smallest absolute Gasteiger partial charge is 0.338 e. The first kappa shape index (κ1) is 13.1. The highest BCUT2D eigenvalue weighted by Crippen LogP contribution is 2.17. The molecule has 2 heterocycles. The Labute approximate surface area is 107 Å². The molecule has 1 aromatic rings. The van der Waals surface area contributed by atoms with Crippen molar-refractivity contribution in [2.24, 2.45) is 0 Å². The summed E-state index contributed by atoms with van der Waals surface area (Å²) in [5.41, 5.74) is 0.228. The highest BCUT2D eigenvalue weighted by atomic mass is 16.4. The molecule has 0 spiro atoms. The summed E-state index contributed by atoms with van der Waals surface area (Å²) >= 11 is 0. The molecule has 1 fully saturated rings. The molecule has 5 nitrogen and oxygen atoms in total. The normalized spacial score (nSPS) is 21.4. The third kappa shape index (κ3) is 3.11. The molecular formula is C13H20N2O3. The highest BCUT2D eigenvalue weighted by Gasteiger charge is 2.22. The second-order valence-electron chi connectivity index (χ2n) is 5.10. The van der Waals surface area contributed by atoms with Crippen LogP contribution in [0.5, 0.6) is 0 Å². The average molecular weight is 252 g/mol. The molecule has 0 saturated carbocycles. The number of carboxylic acids is 1. The van der Waals surface area contributed by atoms with Crippen molar-refractivity contribution in [1.29, 1.82) is 0 Å². The summed E-state index contributed by atoms with van der Waals surface area (Å²) in [5, 5.41) is 8.84. The largest absolute Gasteiger partial charge is 0.478 e. The lowest BCUT2D eigenvalue weighted by molar-refractivity contribution is 0.0696. The van der Waals surface area contributed by atoms with Crippen LogP contribution in [-0.2, 0) is 6.54 Å². The van der Waals surface area contributed by atoms with Gasteiger partial charge in [-0.1, -0.05) is 0 Å². The standard InChI is InChI=1S/C13H20N2O3/c1-14(2)11-4-3-5-15(7-11)8-12-6-10(9-18-12)13(16)17/h6,9,11H,3-5,7-8H2,1-2H3,(H,16,17). The summed E-state index contributed by atoms with van der Waals surface area (Å²) in [6.07, 6.45) is 3.71. The maximum absolute atomic E-state index is 10.8. The van der Waals surface area contributed by atoms with Crippen LogP contribution in [0.25, 0.3) is 0 Å². The Morgan fingerprint density at radius 1 is 1.61 bits per heavy atom. The van der Waals surface area contributed by atoms with Gasteiger partial charge in [0.15, 0.2) is 0 Å². The maximum atomic E-state index is 10.8. The van der Waals surface area contributed by atoms with Crippen LogP contribution in [-0.4, -0.2) is 54.1 Å². The number of aromatic carboxylic acids is 1. The van der Waals surface area contributed by atoms with Gasteiger partial charge in [0.05, 0.1) is 12.1 Å². The van der Waals surface area contributed by atoms with Crippen LogP contribution in [0.3, 0.4) is 0 Å². The Kier molecular flexibility index (Phi) is 4.04. The van der Waals surface area contributed by atoms with Crippen LogP contribution in [0.2, 0.25) is 0 Å². The second kappa shape index (κ2) is 5.54. The number of piperidine rings is 1. The molecule has 1 unspecified atom stereocenters. The molecule has 0 amide bonds. The van der Waals surface area contributed by atoms with Crippen molar-refractivity contribution in [3.63, 3.8) is 0 Å². The molecule has 1 atom stereocenters. The monoisotopic (exact) mass is 252 g/mol. The molecule has 0 bridgehead atoms. The lowest BCUT2D eigenvalue weighted by atomic mass is 10.0. The minimum absolute atomic E-state index is 0.228. The van der Waals surface area contributed by atoms with Crippen molar-refractivity contribution in [1.82, 2.24) is 9.80 Å². The van der Waals surface area contributed by atoms with Gasteiger partial charge in [0.25, 0.3) is 0 Å². The molecule has 0 radical (unpaired) electrons. The van der Waals surface area contributed by atoms with Crippen molar-refractivity contribution >= 4 is 5.97 Å². The minimum Gasteiger partial charge on any atom is -0.478 e. The zero-order valence-corrected chi connectivity index (χ0v) is 10.9. The van der Waals surface area contributed by atoms with E-state index in [-0.39, 0.29) is 5.56 Å². The Balaban J connectivity index is 1.94. The molecule has 1 saturated heterocycles. The third-order valence-electron chi connectivity index (χ3n) is 3.49. The third-order valence-corrected chi connectivity index (χ3v) is 3.49. The van der Waals surface area contributed by atoms with Gasteiger partial charge in [0.1, 0.15) is 12.0 Å². The fourth-order valence-corrected chi connectivity index (χ4v) is 2.39. The lowest BCUT2D eigenvalue weighted by Gasteiger charge is -2.35. The Bertz CT molecular complexity index is 414. The van der Waals surface area contributed by atoms with Crippen molar-refractivity contribution < 1.29 is 14.3 Å². The van der Waals surface area contributed by atoms with E-state index in [2.05, 4.69) is 23.9 Å². The van der Waals surface area contributed by atoms with E-state index in [1.807, 2.05) is 0 Å². The molecule has 0 aromatic carbocycles. The summed E-state index contributed by atoms with van der Waals surface area (Å²) in [6.45, 7) is 2.75. The van der Waals surface area contributed by atoms with Gasteiger partial charge in [0.2, 0.25) is 0 Å². The summed E-state index contributed by atoms with van der Waals surface area (Å²) in [5.74, 6) is -0.207. The van der Waals surface area contributed by atoms with E-state index in [4.69, 9.17) is 9.52 Å². The molecule has 1 N–H and O–H groups in total. The first-order valence-corrected chi connectivity index (χ1v) is 6.25. The predicted molar refractivity (Wildman–Crippen MR) is 67.7 cm³/mol. The number of hydrogen-bond donors (Lipinski definition) is 1. The van der Waals surface area contributed by atoms with Crippen LogP contribution in [0, 0.1) is 0 Å². The van der Waals surface area contributed by atoms with Crippen LogP contribution in [0.15, 0.2) is 16.7 Å². The van der Waals surface area contributed by atoms with Gasteiger partial charge in [-0.05, 0) is 39.5 Å². The Morgan fingerprint density at radius 2 is 2.39 bits per heavy atom. The van der Waals surface area contributed by atoms with Crippen LogP contribution >= 0.6 is 0 Å². The zero-order valence-electron chi connectivity index (χ0n) is 10.9. The number of carbonyl (C=O) groups is 1. The summed E-state index contributed by atoms with van der Waals surface area (Å²) < 4.78 is 5.29. The molecule has 2 rings (SSSR count). The SMILES string of the molecule is CN(C)C1CCCN(Cc2cc(C(=O)O)co2)C1. The molecule has 1 aromatic heterocycles. The highest BCUT2D eigenvalue weighted by molar-refractivity contribution is 5.87. The molecule has 1 aliphatic heterocycles. The van der Waals surface area contributed by atoms with E-state index in [0.717, 1.165) is 18.8 Å². The van der Waals surface area contributed by atoms with Crippen LogP contribution < -0.4 is 0 Å². The molecular weight excluding hydrogens is 232 g/mol. The summed E-state index contributed by atoms with van der Waals surface area (Å²) in [4.78, 5) is 15.3. The quantitative estimate of drug-likeness (QED) is 0.880. The van der Waals surface area contributed by atoms with E-state index < -0.39 is 5.97 Å². The van der Waals surface area contributed by atoms with Crippen LogP contribution in [0.4, 0.5) is 0 Å². The lowest BCUT2D eigenvalue weighted by Crippen LogP contribution is -2.44. The number of furan rings is 1. The number of nitrogens with zero attached hydrogens (tertiary/aromatic N) is 2. The average Bonchev–Trinajstić information content (AvgIpc) is 2.78. The van der Waals surface area contributed by atoms with Gasteiger partial charge in [-0.2, -0.15) is 0 Å². The predicted octanol–water partition coefficient (Wildman–Crippen LogP) is 1.50. The number of likely N-dealkylation sites (N-methyl/N-ethyl adjacent to an activating group) is 1. The first-order chi connectivity index (χ1) is 8.56. The van der Waals surface area contributed by atoms with Gasteiger partial charge in [-0.25, -0.2) is 4.79 Å². The van der Waals surface area contributed by atoms with E-state index in [1.54, 1.807) is 6.07 Å². The maximum Gasteiger partial charge on any atom is 0.338 e. The number of rotatable bonds is 4. The van der Waals surface area contributed by atoms with Crippen LogP contribution in [0.1, 0.15) is 29.0 Å². The number of likely N-dealkylation sites (tertiary alicyclic amines) is 1. The summed E-state index contributed by atoms with van der Waals surface area (Å²) in [6, 6.07) is 2.19. The number of carboxylic acid groups (broad SMARTS) is 1. The van der Waals surface area contributed by atoms with Crippen molar-refractivity contribution in [2.45, 2.75) is 25.4 Å². The Hall–Kier alpha value is -1.33. The van der Waals surface area contributed by atoms with Gasteiger partial charge >= 0.3 is 5.97 Å². The molecule has 100 valence electrons.